The first-order valence-electron chi connectivity index (χ1n) is 5.19. The molecule has 0 aromatic carbocycles. The Hall–Kier alpha value is -1.65. The van der Waals surface area contributed by atoms with E-state index >= 15 is 0 Å². The van der Waals surface area contributed by atoms with E-state index in [1.807, 2.05) is 6.92 Å². The number of rotatable bonds is 2. The second-order valence-corrected chi connectivity index (χ2v) is 4.89. The van der Waals surface area contributed by atoms with Crippen molar-refractivity contribution in [1.29, 1.82) is 0 Å². The van der Waals surface area contributed by atoms with Crippen LogP contribution in [-0.2, 0) is 0 Å². The van der Waals surface area contributed by atoms with Crippen molar-refractivity contribution in [2.24, 2.45) is 5.41 Å². The largest absolute Gasteiger partial charge is 0.382 e. The Bertz CT molecular complexity index is 367. The van der Waals surface area contributed by atoms with Gasteiger partial charge in [0, 0.05) is 6.04 Å². The highest BCUT2D eigenvalue weighted by molar-refractivity contribution is 5.92. The van der Waals surface area contributed by atoms with Gasteiger partial charge in [-0.1, -0.05) is 20.8 Å². The van der Waals surface area contributed by atoms with E-state index in [0.29, 0.717) is 5.82 Å². The maximum atomic E-state index is 11.8. The number of hydrogen-bond acceptors (Lipinski definition) is 4. The van der Waals surface area contributed by atoms with Crippen LogP contribution in [0.3, 0.4) is 0 Å². The van der Waals surface area contributed by atoms with E-state index in [2.05, 4.69) is 36.1 Å². The number of hydrogen-bond donors (Lipinski definition) is 2. The van der Waals surface area contributed by atoms with Gasteiger partial charge in [0.05, 0.1) is 12.4 Å². The molecule has 1 amide bonds. The average molecular weight is 222 g/mol. The van der Waals surface area contributed by atoms with Gasteiger partial charge < -0.3 is 11.1 Å². The number of nitrogens with zero attached hydrogens (tertiary/aromatic N) is 2. The minimum absolute atomic E-state index is 0.0108. The Morgan fingerprint density at radius 2 is 2.00 bits per heavy atom. The average Bonchev–Trinajstić information content (AvgIpc) is 2.17. The van der Waals surface area contributed by atoms with Gasteiger partial charge in [0.1, 0.15) is 11.5 Å². The van der Waals surface area contributed by atoms with Crippen LogP contribution in [0.2, 0.25) is 0 Å². The van der Waals surface area contributed by atoms with Gasteiger partial charge in [-0.15, -0.1) is 0 Å². The first-order chi connectivity index (χ1) is 7.30. The molecule has 1 aromatic heterocycles. The Morgan fingerprint density at radius 1 is 1.38 bits per heavy atom. The van der Waals surface area contributed by atoms with E-state index in [4.69, 9.17) is 5.73 Å². The van der Waals surface area contributed by atoms with Crippen LogP contribution in [0.4, 0.5) is 5.82 Å². The Morgan fingerprint density at radius 3 is 2.44 bits per heavy atom. The fourth-order valence-corrected chi connectivity index (χ4v) is 0.942. The van der Waals surface area contributed by atoms with Crippen molar-refractivity contribution >= 4 is 11.7 Å². The molecular weight excluding hydrogens is 204 g/mol. The van der Waals surface area contributed by atoms with Gasteiger partial charge in [-0.2, -0.15) is 0 Å². The zero-order chi connectivity index (χ0) is 12.3. The summed E-state index contributed by atoms with van der Waals surface area (Å²) in [6.07, 6.45) is 2.75. The predicted molar refractivity (Wildman–Crippen MR) is 62.8 cm³/mol. The topological polar surface area (TPSA) is 80.9 Å². The lowest BCUT2D eigenvalue weighted by Gasteiger charge is -2.27. The van der Waals surface area contributed by atoms with E-state index in [-0.39, 0.29) is 23.1 Å². The van der Waals surface area contributed by atoms with E-state index in [1.165, 1.54) is 12.4 Å². The summed E-state index contributed by atoms with van der Waals surface area (Å²) in [6, 6.07) is 0.0550. The van der Waals surface area contributed by atoms with Gasteiger partial charge in [-0.05, 0) is 12.3 Å². The summed E-state index contributed by atoms with van der Waals surface area (Å²) in [5.41, 5.74) is 5.69. The van der Waals surface area contributed by atoms with Crippen LogP contribution in [0.1, 0.15) is 38.2 Å². The van der Waals surface area contributed by atoms with Crippen LogP contribution >= 0.6 is 0 Å². The fourth-order valence-electron chi connectivity index (χ4n) is 0.942. The van der Waals surface area contributed by atoms with Crippen molar-refractivity contribution in [3.63, 3.8) is 0 Å². The van der Waals surface area contributed by atoms with Crippen molar-refractivity contribution in [3.05, 3.63) is 18.1 Å². The number of carbonyl (C=O) groups excluding carboxylic acids is 1. The predicted octanol–water partition coefficient (Wildman–Crippen LogP) is 1.22. The maximum absolute atomic E-state index is 11.8. The Labute approximate surface area is 95.5 Å². The van der Waals surface area contributed by atoms with Crippen LogP contribution in [0.5, 0.6) is 0 Å². The molecule has 5 nitrogen and oxygen atoms in total. The first kappa shape index (κ1) is 12.4. The monoisotopic (exact) mass is 222 g/mol. The normalized spacial score (nSPS) is 13.2. The molecule has 3 N–H and O–H groups in total. The number of nitrogens with one attached hydrogen (secondary N) is 1. The lowest BCUT2D eigenvalue weighted by atomic mass is 9.88. The van der Waals surface area contributed by atoms with Gasteiger partial charge in [-0.25, -0.2) is 9.97 Å². The summed E-state index contributed by atoms with van der Waals surface area (Å²) < 4.78 is 0. The second kappa shape index (κ2) is 4.47. The highest BCUT2D eigenvalue weighted by Crippen LogP contribution is 2.18. The van der Waals surface area contributed by atoms with Crippen molar-refractivity contribution in [1.82, 2.24) is 15.3 Å². The van der Waals surface area contributed by atoms with Crippen molar-refractivity contribution in [2.75, 3.05) is 5.73 Å². The number of nitrogens with two attached hydrogens (primary N) is 1. The van der Waals surface area contributed by atoms with Crippen LogP contribution in [0, 0.1) is 5.41 Å². The molecule has 88 valence electrons. The fraction of sp³-hybridized carbons (Fsp3) is 0.545. The molecule has 1 rings (SSSR count). The zero-order valence-corrected chi connectivity index (χ0v) is 10.1. The van der Waals surface area contributed by atoms with Gasteiger partial charge in [0.25, 0.3) is 5.91 Å². The van der Waals surface area contributed by atoms with Crippen LogP contribution in [0.15, 0.2) is 12.4 Å². The highest BCUT2D eigenvalue weighted by Gasteiger charge is 2.22. The third kappa shape index (κ3) is 3.18. The molecule has 0 saturated heterocycles. The third-order valence-corrected chi connectivity index (χ3v) is 2.55. The lowest BCUT2D eigenvalue weighted by molar-refractivity contribution is 0.0904. The molecule has 0 aliphatic rings. The zero-order valence-electron chi connectivity index (χ0n) is 10.1. The minimum Gasteiger partial charge on any atom is -0.382 e. The summed E-state index contributed by atoms with van der Waals surface area (Å²) in [6.45, 7) is 8.15. The molecule has 0 aliphatic carbocycles. The maximum Gasteiger partial charge on any atom is 0.271 e. The molecule has 0 bridgehead atoms. The van der Waals surface area contributed by atoms with E-state index in [0.717, 1.165) is 0 Å². The smallest absolute Gasteiger partial charge is 0.271 e. The molecule has 5 heteroatoms. The van der Waals surface area contributed by atoms with E-state index in [1.54, 1.807) is 0 Å². The standard InChI is InChI=1S/C11H18N4O/c1-7(11(2,3)4)15-10(16)8-5-14-9(12)6-13-8/h5-7H,1-4H3,(H2,12,14)(H,15,16). The van der Waals surface area contributed by atoms with Gasteiger partial charge in [0.15, 0.2) is 0 Å². The number of aromatic nitrogens is 2. The minimum atomic E-state index is -0.227. The molecular formula is C11H18N4O. The highest BCUT2D eigenvalue weighted by atomic mass is 16.1. The summed E-state index contributed by atoms with van der Waals surface area (Å²) >= 11 is 0. The number of amides is 1. The Kier molecular flexibility index (Phi) is 3.47. The van der Waals surface area contributed by atoms with Gasteiger partial charge in [-0.3, -0.25) is 4.79 Å². The number of nitrogen functional groups attached to an aromatic ring is 1. The SMILES string of the molecule is CC(NC(=O)c1cnc(N)cn1)C(C)(C)C. The first-order valence-corrected chi connectivity index (χ1v) is 5.19. The quantitative estimate of drug-likeness (QED) is 0.788. The van der Waals surface area contributed by atoms with Crippen molar-refractivity contribution < 1.29 is 4.79 Å². The molecule has 1 atom stereocenters. The summed E-state index contributed by atoms with van der Waals surface area (Å²) in [7, 11) is 0. The summed E-state index contributed by atoms with van der Waals surface area (Å²) in [4.78, 5) is 19.5. The molecule has 1 unspecified atom stereocenters. The molecule has 16 heavy (non-hydrogen) atoms. The van der Waals surface area contributed by atoms with Crippen LogP contribution in [-0.4, -0.2) is 21.9 Å². The molecule has 0 aliphatic heterocycles. The summed E-state index contributed by atoms with van der Waals surface area (Å²) in [5, 5.41) is 2.87. The second-order valence-electron chi connectivity index (χ2n) is 4.89. The lowest BCUT2D eigenvalue weighted by Crippen LogP contribution is -2.41. The molecule has 1 aromatic rings. The van der Waals surface area contributed by atoms with Gasteiger partial charge >= 0.3 is 0 Å². The van der Waals surface area contributed by atoms with Crippen LogP contribution < -0.4 is 11.1 Å². The summed E-state index contributed by atoms with van der Waals surface area (Å²) in [5.74, 6) is 0.0790. The van der Waals surface area contributed by atoms with Gasteiger partial charge in [0.2, 0.25) is 0 Å². The van der Waals surface area contributed by atoms with Crippen molar-refractivity contribution in [2.45, 2.75) is 33.7 Å². The molecule has 0 fully saturated rings. The van der Waals surface area contributed by atoms with E-state index < -0.39 is 0 Å². The molecule has 1 heterocycles. The Balaban J connectivity index is 2.70. The number of anilines is 1. The van der Waals surface area contributed by atoms with E-state index in [9.17, 15) is 4.79 Å². The van der Waals surface area contributed by atoms with Crippen molar-refractivity contribution in [3.8, 4) is 0 Å². The number of carbonyl (C=O) groups is 1. The third-order valence-electron chi connectivity index (χ3n) is 2.55. The molecule has 0 radical (unpaired) electrons. The van der Waals surface area contributed by atoms with Crippen LogP contribution in [0.25, 0.3) is 0 Å². The molecule has 0 saturated carbocycles. The molecule has 0 spiro atoms.